The summed E-state index contributed by atoms with van der Waals surface area (Å²) in [5.41, 5.74) is 18.6. The maximum absolute atomic E-state index is 6.86. The van der Waals surface area contributed by atoms with Gasteiger partial charge in [-0.25, -0.2) is 0 Å². The summed E-state index contributed by atoms with van der Waals surface area (Å²) in [4.78, 5) is 2.46. The van der Waals surface area contributed by atoms with E-state index in [9.17, 15) is 0 Å². The van der Waals surface area contributed by atoms with Gasteiger partial charge in [-0.2, -0.15) is 0 Å². The second kappa shape index (κ2) is 15.1. The fraction of sp³-hybridized carbons (Fsp3) is 0.0164. The van der Waals surface area contributed by atoms with Crippen LogP contribution >= 0.6 is 0 Å². The van der Waals surface area contributed by atoms with E-state index in [1.165, 1.54) is 55.6 Å². The molecule has 11 aromatic rings. The molecule has 0 atom stereocenters. The van der Waals surface area contributed by atoms with Crippen LogP contribution in [0.2, 0.25) is 0 Å². The molecule has 1 aliphatic carbocycles. The third-order valence-electron chi connectivity index (χ3n) is 13.0. The lowest BCUT2D eigenvalue weighted by Gasteiger charge is -2.36. The summed E-state index contributed by atoms with van der Waals surface area (Å²) in [5.74, 6) is 0. The summed E-state index contributed by atoms with van der Waals surface area (Å²) in [7, 11) is 0. The predicted molar refractivity (Wildman–Crippen MR) is 262 cm³/mol. The first-order valence-corrected chi connectivity index (χ1v) is 21.7. The third-order valence-corrected chi connectivity index (χ3v) is 13.0. The smallest absolute Gasteiger partial charge is 0.143 e. The fourth-order valence-electron chi connectivity index (χ4n) is 10.2. The van der Waals surface area contributed by atoms with Gasteiger partial charge in [0, 0.05) is 33.3 Å². The van der Waals surface area contributed by atoms with E-state index in [2.05, 4.69) is 254 Å². The standard InChI is InChI=1S/C61H41NO/c1-5-18-42(19-6-1)44-32-36-48(37-33-44)62(49-38-34-45(35-39-49)43-20-7-2-8-21-43)56-41-40-51(53-29-17-28-52-50-26-14-16-31-57(50)63-60(52)53)59-58(56)54-27-13-15-30-55(54)61(59,46-22-9-3-10-23-46)47-24-11-4-12-25-47/h1-41H. The van der Waals surface area contributed by atoms with Crippen LogP contribution in [0.4, 0.5) is 17.1 Å². The summed E-state index contributed by atoms with van der Waals surface area (Å²) >= 11 is 0. The minimum Gasteiger partial charge on any atom is -0.455 e. The molecule has 296 valence electrons. The van der Waals surface area contributed by atoms with Gasteiger partial charge < -0.3 is 9.32 Å². The largest absolute Gasteiger partial charge is 0.455 e. The van der Waals surface area contributed by atoms with Crippen molar-refractivity contribution < 1.29 is 4.42 Å². The van der Waals surface area contributed by atoms with Crippen molar-refractivity contribution in [2.75, 3.05) is 4.90 Å². The topological polar surface area (TPSA) is 16.4 Å². The number of furan rings is 1. The Bertz CT molecular complexity index is 3290. The molecule has 0 radical (unpaired) electrons. The summed E-state index contributed by atoms with van der Waals surface area (Å²) < 4.78 is 6.86. The average Bonchev–Trinajstić information content (AvgIpc) is 3.91. The van der Waals surface area contributed by atoms with E-state index >= 15 is 0 Å². The maximum Gasteiger partial charge on any atom is 0.143 e. The molecule has 63 heavy (non-hydrogen) atoms. The van der Waals surface area contributed by atoms with E-state index in [0.29, 0.717) is 0 Å². The van der Waals surface area contributed by atoms with Crippen LogP contribution in [-0.2, 0) is 5.41 Å². The molecule has 10 aromatic carbocycles. The first-order chi connectivity index (χ1) is 31.3. The van der Waals surface area contributed by atoms with Crippen LogP contribution in [0.5, 0.6) is 0 Å². The van der Waals surface area contributed by atoms with Crippen molar-refractivity contribution in [1.82, 2.24) is 0 Å². The molecule has 1 heterocycles. The molecule has 2 heteroatoms. The molecule has 0 saturated heterocycles. The van der Waals surface area contributed by atoms with Crippen LogP contribution in [0.3, 0.4) is 0 Å². The second-order valence-electron chi connectivity index (χ2n) is 16.4. The van der Waals surface area contributed by atoms with E-state index in [4.69, 9.17) is 4.42 Å². The Hall–Kier alpha value is -8.20. The number of rotatable bonds is 8. The molecule has 0 saturated carbocycles. The minimum atomic E-state index is -0.673. The van der Waals surface area contributed by atoms with Gasteiger partial charge in [-0.1, -0.05) is 212 Å². The zero-order valence-electron chi connectivity index (χ0n) is 34.5. The molecule has 0 N–H and O–H groups in total. The number of fused-ring (bicyclic) bond motifs is 6. The Labute approximate surface area is 367 Å². The number of nitrogens with zero attached hydrogens (tertiary/aromatic N) is 1. The first kappa shape index (κ1) is 36.6. The van der Waals surface area contributed by atoms with Gasteiger partial charge in [0.05, 0.1) is 11.1 Å². The predicted octanol–water partition coefficient (Wildman–Crippen LogP) is 16.4. The summed E-state index contributed by atoms with van der Waals surface area (Å²) in [5, 5.41) is 2.23. The number of anilines is 3. The number of hydrogen-bond acceptors (Lipinski definition) is 2. The molecule has 1 aliphatic rings. The van der Waals surface area contributed by atoms with Gasteiger partial charge in [0.15, 0.2) is 0 Å². The lowest BCUT2D eigenvalue weighted by molar-refractivity contribution is 0.669. The molecule has 2 nitrogen and oxygen atoms in total. The highest BCUT2D eigenvalue weighted by molar-refractivity contribution is 6.11. The number of benzene rings is 10. The van der Waals surface area contributed by atoms with Crippen molar-refractivity contribution >= 4 is 39.0 Å². The highest BCUT2D eigenvalue weighted by atomic mass is 16.3. The van der Waals surface area contributed by atoms with Crippen molar-refractivity contribution in [1.29, 1.82) is 0 Å². The number of hydrogen-bond donors (Lipinski definition) is 0. The van der Waals surface area contributed by atoms with Gasteiger partial charge in [-0.15, -0.1) is 0 Å². The molecule has 12 rings (SSSR count). The molecule has 1 aromatic heterocycles. The first-order valence-electron chi connectivity index (χ1n) is 21.7. The molecule has 0 unspecified atom stereocenters. The normalized spacial score (nSPS) is 12.6. The van der Waals surface area contributed by atoms with Gasteiger partial charge in [-0.05, 0) is 92.0 Å². The average molecular weight is 804 g/mol. The molecular weight excluding hydrogens is 763 g/mol. The van der Waals surface area contributed by atoms with Gasteiger partial charge in [0.25, 0.3) is 0 Å². The van der Waals surface area contributed by atoms with Crippen LogP contribution in [-0.4, -0.2) is 0 Å². The summed E-state index contributed by atoms with van der Waals surface area (Å²) in [6.07, 6.45) is 0. The zero-order valence-corrected chi connectivity index (χ0v) is 34.5. The Morgan fingerprint density at radius 3 is 1.41 bits per heavy atom. The van der Waals surface area contributed by atoms with Crippen LogP contribution < -0.4 is 4.90 Å². The van der Waals surface area contributed by atoms with Gasteiger partial charge >= 0.3 is 0 Å². The van der Waals surface area contributed by atoms with Crippen molar-refractivity contribution in [3.63, 3.8) is 0 Å². The van der Waals surface area contributed by atoms with Crippen molar-refractivity contribution in [2.45, 2.75) is 5.41 Å². The lowest BCUT2D eigenvalue weighted by Crippen LogP contribution is -2.29. The van der Waals surface area contributed by atoms with E-state index in [-0.39, 0.29) is 0 Å². The fourth-order valence-corrected chi connectivity index (χ4v) is 10.2. The van der Waals surface area contributed by atoms with Crippen LogP contribution in [0, 0.1) is 0 Å². The molecule has 0 amide bonds. The molecular formula is C61H41NO. The Balaban J connectivity index is 1.19. The maximum atomic E-state index is 6.86. The monoisotopic (exact) mass is 803 g/mol. The Morgan fingerprint density at radius 2 is 0.810 bits per heavy atom. The second-order valence-corrected chi connectivity index (χ2v) is 16.4. The van der Waals surface area contributed by atoms with E-state index < -0.39 is 5.41 Å². The van der Waals surface area contributed by atoms with E-state index in [0.717, 1.165) is 50.1 Å². The minimum absolute atomic E-state index is 0.673. The molecule has 0 spiro atoms. The van der Waals surface area contributed by atoms with Gasteiger partial charge in [0.1, 0.15) is 11.2 Å². The van der Waals surface area contributed by atoms with Crippen LogP contribution in [0.15, 0.2) is 253 Å². The lowest BCUT2D eigenvalue weighted by atomic mass is 9.66. The molecule has 0 bridgehead atoms. The van der Waals surface area contributed by atoms with Gasteiger partial charge in [-0.3, -0.25) is 0 Å². The quantitative estimate of drug-likeness (QED) is 0.152. The SMILES string of the molecule is c1ccc(-c2ccc(N(c3ccc(-c4ccccc4)cc3)c3ccc(-c4cccc5c4oc4ccccc45)c4c3-c3ccccc3C4(c3ccccc3)c3ccccc3)cc2)cc1. The molecule has 0 aliphatic heterocycles. The van der Waals surface area contributed by atoms with Crippen molar-refractivity contribution in [3.8, 4) is 44.5 Å². The van der Waals surface area contributed by atoms with Crippen LogP contribution in [0.1, 0.15) is 22.3 Å². The third kappa shape index (κ3) is 5.87. The zero-order chi connectivity index (χ0) is 41.7. The Kier molecular flexibility index (Phi) is 8.76. The van der Waals surface area contributed by atoms with E-state index in [1.807, 2.05) is 0 Å². The van der Waals surface area contributed by atoms with Crippen molar-refractivity contribution in [2.24, 2.45) is 0 Å². The van der Waals surface area contributed by atoms with E-state index in [1.54, 1.807) is 0 Å². The summed E-state index contributed by atoms with van der Waals surface area (Å²) in [6.45, 7) is 0. The molecule has 0 fully saturated rings. The number of para-hydroxylation sites is 2. The van der Waals surface area contributed by atoms with Crippen LogP contribution in [0.25, 0.3) is 66.4 Å². The Morgan fingerprint density at radius 1 is 0.333 bits per heavy atom. The highest BCUT2D eigenvalue weighted by Gasteiger charge is 2.49. The van der Waals surface area contributed by atoms with Gasteiger partial charge in [0.2, 0.25) is 0 Å². The highest BCUT2D eigenvalue weighted by Crippen LogP contribution is 2.62. The van der Waals surface area contributed by atoms with Crippen molar-refractivity contribution in [3.05, 3.63) is 271 Å². The summed E-state index contributed by atoms with van der Waals surface area (Å²) in [6, 6.07) is 90.3.